The molecule has 0 fully saturated rings. The zero-order chi connectivity index (χ0) is 21.2. The van der Waals surface area contributed by atoms with Crippen molar-refractivity contribution < 1.29 is 27.5 Å². The fourth-order valence-electron chi connectivity index (χ4n) is 2.67. The molecule has 29 heavy (non-hydrogen) atoms. The molecule has 0 radical (unpaired) electrons. The Morgan fingerprint density at radius 1 is 1.24 bits per heavy atom. The molecule has 1 aromatic carbocycles. The Kier molecular flexibility index (Phi) is 5.39. The first-order chi connectivity index (χ1) is 13.7. The number of anilines is 1. The van der Waals surface area contributed by atoms with Crippen LogP contribution >= 0.6 is 0 Å². The minimum Gasteiger partial charge on any atom is -0.465 e. The summed E-state index contributed by atoms with van der Waals surface area (Å²) in [7, 11) is 2.53. The van der Waals surface area contributed by atoms with Gasteiger partial charge in [0.25, 0.3) is 5.91 Å². The van der Waals surface area contributed by atoms with Gasteiger partial charge in [0.05, 0.1) is 31.1 Å². The number of carbonyl (C=O) groups is 2. The van der Waals surface area contributed by atoms with Gasteiger partial charge in [-0.1, -0.05) is 18.2 Å². The van der Waals surface area contributed by atoms with E-state index in [0.717, 1.165) is 4.68 Å². The zero-order valence-corrected chi connectivity index (χ0v) is 15.4. The fourth-order valence-corrected chi connectivity index (χ4v) is 2.67. The third kappa shape index (κ3) is 4.45. The maximum atomic E-state index is 12.7. The summed E-state index contributed by atoms with van der Waals surface area (Å²) in [6.07, 6.45) is -1.80. The van der Waals surface area contributed by atoms with E-state index in [4.69, 9.17) is 4.74 Å². The summed E-state index contributed by atoms with van der Waals surface area (Å²) in [5.41, 5.74) is -0.0888. The summed E-state index contributed by atoms with van der Waals surface area (Å²) >= 11 is 0. The number of ether oxygens (including phenoxy) is 1. The first kappa shape index (κ1) is 20.1. The number of esters is 1. The number of amides is 1. The van der Waals surface area contributed by atoms with Gasteiger partial charge < -0.3 is 10.1 Å². The van der Waals surface area contributed by atoms with Crippen molar-refractivity contribution in [1.29, 1.82) is 0 Å². The van der Waals surface area contributed by atoms with Gasteiger partial charge >= 0.3 is 12.1 Å². The van der Waals surface area contributed by atoms with Crippen molar-refractivity contribution in [3.05, 3.63) is 65.2 Å². The number of nitrogens with one attached hydrogen (secondary N) is 1. The van der Waals surface area contributed by atoms with E-state index in [1.807, 2.05) is 0 Å². The summed E-state index contributed by atoms with van der Waals surface area (Å²) in [6.45, 7) is 0.227. The van der Waals surface area contributed by atoms with Crippen LogP contribution in [0.3, 0.4) is 0 Å². The van der Waals surface area contributed by atoms with Crippen LogP contribution in [0, 0.1) is 0 Å². The van der Waals surface area contributed by atoms with Gasteiger partial charge in [0, 0.05) is 19.3 Å². The number of halogens is 3. The quantitative estimate of drug-likeness (QED) is 0.657. The fraction of sp³-hybridized carbons (Fsp3) is 0.222. The predicted octanol–water partition coefficient (Wildman–Crippen LogP) is 2.72. The maximum Gasteiger partial charge on any atom is 0.435 e. The molecule has 2 heterocycles. The monoisotopic (exact) mass is 407 g/mol. The lowest BCUT2D eigenvalue weighted by atomic mass is 10.1. The van der Waals surface area contributed by atoms with Crippen LogP contribution in [0.5, 0.6) is 0 Å². The number of rotatable bonds is 5. The predicted molar refractivity (Wildman–Crippen MR) is 95.3 cm³/mol. The molecule has 3 rings (SSSR count). The number of hydrogen-bond donors (Lipinski definition) is 1. The van der Waals surface area contributed by atoms with Gasteiger partial charge in [0.1, 0.15) is 5.69 Å². The van der Waals surface area contributed by atoms with Gasteiger partial charge in [0.15, 0.2) is 5.69 Å². The highest BCUT2D eigenvalue weighted by molar-refractivity contribution is 6.03. The Balaban J connectivity index is 1.74. The normalized spacial score (nSPS) is 11.3. The van der Waals surface area contributed by atoms with Crippen LogP contribution in [0.15, 0.2) is 42.7 Å². The summed E-state index contributed by atoms with van der Waals surface area (Å²) in [5.74, 6) is -1.25. The number of alkyl halides is 3. The topological polar surface area (TPSA) is 91.0 Å². The van der Waals surface area contributed by atoms with Crippen LogP contribution in [-0.2, 0) is 24.5 Å². The molecule has 152 valence electrons. The van der Waals surface area contributed by atoms with Gasteiger partial charge in [0.2, 0.25) is 0 Å². The van der Waals surface area contributed by atoms with E-state index >= 15 is 0 Å². The SMILES string of the molecule is COC(=O)c1ccccc1Cn1cc(NC(=O)c2cc(C(F)(F)F)nn2C)cn1. The van der Waals surface area contributed by atoms with E-state index < -0.39 is 23.7 Å². The van der Waals surface area contributed by atoms with Gasteiger partial charge in [-0.05, 0) is 11.6 Å². The van der Waals surface area contributed by atoms with Gasteiger partial charge in [-0.25, -0.2) is 4.79 Å². The molecule has 0 aliphatic rings. The average molecular weight is 407 g/mol. The third-order valence-corrected chi connectivity index (χ3v) is 4.05. The summed E-state index contributed by atoms with van der Waals surface area (Å²) in [6, 6.07) is 7.49. The van der Waals surface area contributed by atoms with Crippen molar-refractivity contribution in [2.24, 2.45) is 7.05 Å². The first-order valence-corrected chi connectivity index (χ1v) is 8.30. The second kappa shape index (κ2) is 7.78. The molecule has 1 N–H and O–H groups in total. The summed E-state index contributed by atoms with van der Waals surface area (Å²) in [4.78, 5) is 24.1. The van der Waals surface area contributed by atoms with Crippen LogP contribution in [-0.4, -0.2) is 38.5 Å². The third-order valence-electron chi connectivity index (χ3n) is 4.05. The maximum absolute atomic E-state index is 12.7. The van der Waals surface area contributed by atoms with Crippen LogP contribution in [0.25, 0.3) is 0 Å². The van der Waals surface area contributed by atoms with Crippen molar-refractivity contribution in [2.45, 2.75) is 12.7 Å². The molecule has 0 saturated carbocycles. The molecule has 1 amide bonds. The number of aromatic nitrogens is 4. The molecule has 0 aliphatic carbocycles. The molecule has 0 atom stereocenters. The lowest BCUT2D eigenvalue weighted by Crippen LogP contribution is -2.15. The van der Waals surface area contributed by atoms with Crippen LogP contribution in [0.2, 0.25) is 0 Å². The van der Waals surface area contributed by atoms with E-state index in [2.05, 4.69) is 15.5 Å². The molecule has 8 nitrogen and oxygen atoms in total. The minimum atomic E-state index is -4.64. The van der Waals surface area contributed by atoms with Crippen LogP contribution < -0.4 is 5.32 Å². The molecule has 0 bridgehead atoms. The smallest absolute Gasteiger partial charge is 0.435 e. The molecular formula is C18H16F3N5O3. The molecule has 0 spiro atoms. The number of methoxy groups -OCH3 is 1. The van der Waals surface area contributed by atoms with Crippen molar-refractivity contribution in [1.82, 2.24) is 19.6 Å². The Hall–Kier alpha value is -3.63. The number of hydrogen-bond acceptors (Lipinski definition) is 5. The highest BCUT2D eigenvalue weighted by atomic mass is 19.4. The van der Waals surface area contributed by atoms with Gasteiger partial charge in [-0.2, -0.15) is 23.4 Å². The Labute approximate surface area is 162 Å². The zero-order valence-electron chi connectivity index (χ0n) is 15.4. The molecule has 3 aromatic rings. The number of carbonyl (C=O) groups excluding carboxylic acids is 2. The Morgan fingerprint density at radius 2 is 1.97 bits per heavy atom. The first-order valence-electron chi connectivity index (χ1n) is 8.30. The highest BCUT2D eigenvalue weighted by Gasteiger charge is 2.35. The average Bonchev–Trinajstić information content (AvgIpc) is 3.27. The van der Waals surface area contributed by atoms with Crippen LogP contribution in [0.4, 0.5) is 18.9 Å². The molecule has 0 unspecified atom stereocenters. The van der Waals surface area contributed by atoms with Crippen molar-refractivity contribution in [3.63, 3.8) is 0 Å². The molecule has 11 heteroatoms. The number of benzene rings is 1. The molecule has 2 aromatic heterocycles. The highest BCUT2D eigenvalue weighted by Crippen LogP contribution is 2.28. The number of nitrogens with zero attached hydrogens (tertiary/aromatic N) is 4. The molecule has 0 saturated heterocycles. The van der Waals surface area contributed by atoms with E-state index in [1.54, 1.807) is 24.3 Å². The molecule has 0 aliphatic heterocycles. The minimum absolute atomic E-state index is 0.227. The van der Waals surface area contributed by atoms with Crippen molar-refractivity contribution >= 4 is 17.6 Å². The standard InChI is InChI=1S/C18H16F3N5O3/c1-25-14(7-15(24-25)18(19,20)21)16(27)23-12-8-22-26(10-12)9-11-5-3-4-6-13(11)17(28)29-2/h3-8,10H,9H2,1-2H3,(H,23,27). The van der Waals surface area contributed by atoms with Crippen molar-refractivity contribution in [2.75, 3.05) is 12.4 Å². The van der Waals surface area contributed by atoms with E-state index in [1.165, 1.54) is 31.2 Å². The number of aryl methyl sites for hydroxylation is 1. The van der Waals surface area contributed by atoms with E-state index in [0.29, 0.717) is 17.2 Å². The second-order valence-corrected chi connectivity index (χ2v) is 6.07. The van der Waals surface area contributed by atoms with Crippen molar-refractivity contribution in [3.8, 4) is 0 Å². The van der Waals surface area contributed by atoms with E-state index in [-0.39, 0.29) is 17.9 Å². The Morgan fingerprint density at radius 3 is 2.62 bits per heavy atom. The lowest BCUT2D eigenvalue weighted by Gasteiger charge is -2.07. The summed E-state index contributed by atoms with van der Waals surface area (Å²) in [5, 5.41) is 9.88. The largest absolute Gasteiger partial charge is 0.465 e. The lowest BCUT2D eigenvalue weighted by molar-refractivity contribution is -0.141. The van der Waals surface area contributed by atoms with Gasteiger partial charge in [-0.15, -0.1) is 0 Å². The van der Waals surface area contributed by atoms with E-state index in [9.17, 15) is 22.8 Å². The second-order valence-electron chi connectivity index (χ2n) is 6.07. The summed E-state index contributed by atoms with van der Waals surface area (Å²) < 4.78 is 45.3. The Bertz CT molecular complexity index is 1060. The van der Waals surface area contributed by atoms with Gasteiger partial charge in [-0.3, -0.25) is 14.2 Å². The molecular weight excluding hydrogens is 391 g/mol. The van der Waals surface area contributed by atoms with Crippen LogP contribution in [0.1, 0.15) is 32.1 Å².